The zero-order chi connectivity index (χ0) is 10.4. The highest BCUT2D eigenvalue weighted by Crippen LogP contribution is 2.13. The summed E-state index contributed by atoms with van der Waals surface area (Å²) in [5.74, 6) is 1.02. The lowest BCUT2D eigenvalue weighted by molar-refractivity contribution is 0.470. The van der Waals surface area contributed by atoms with Crippen LogP contribution in [0.5, 0.6) is 0 Å². The number of nitrogens with one attached hydrogen (secondary N) is 1. The fourth-order valence-corrected chi connectivity index (χ4v) is 0.947. The highest BCUT2D eigenvalue weighted by molar-refractivity contribution is 5.68. The number of rotatable bonds is 5. The number of aromatic nitrogens is 2. The first-order chi connectivity index (χ1) is 6.81. The summed E-state index contributed by atoms with van der Waals surface area (Å²) in [6, 6.07) is 0. The van der Waals surface area contributed by atoms with Crippen LogP contribution < -0.4 is 5.32 Å². The van der Waals surface area contributed by atoms with Crippen molar-refractivity contribution in [2.24, 2.45) is 0 Å². The molecule has 1 heterocycles. The molecule has 1 aromatic heterocycles. The standard InChI is InChI=1S/C10H13N3O/c1-4-6-8(5-2)10-13-12-9(14-10)7-11-3/h4-6,11H,1-2,7H2,3H3. The van der Waals surface area contributed by atoms with Crippen LogP contribution in [0.4, 0.5) is 0 Å². The largest absolute Gasteiger partial charge is 0.419 e. The van der Waals surface area contributed by atoms with E-state index in [0.717, 1.165) is 5.57 Å². The van der Waals surface area contributed by atoms with Crippen molar-refractivity contribution >= 4 is 5.57 Å². The first-order valence-electron chi connectivity index (χ1n) is 4.24. The monoisotopic (exact) mass is 191 g/mol. The molecule has 0 fully saturated rings. The molecule has 0 atom stereocenters. The molecular formula is C10H13N3O. The molecule has 0 amide bonds. The SMILES string of the molecule is C=CC=C(C=C)c1nnc(CNC)o1. The van der Waals surface area contributed by atoms with E-state index in [1.54, 1.807) is 18.2 Å². The van der Waals surface area contributed by atoms with Crippen LogP contribution in [-0.2, 0) is 6.54 Å². The van der Waals surface area contributed by atoms with Crippen molar-refractivity contribution in [2.75, 3.05) is 7.05 Å². The quantitative estimate of drug-likeness (QED) is 0.717. The van der Waals surface area contributed by atoms with Gasteiger partial charge in [-0.15, -0.1) is 10.2 Å². The molecule has 0 saturated carbocycles. The zero-order valence-corrected chi connectivity index (χ0v) is 8.16. The first kappa shape index (κ1) is 10.4. The molecule has 1 aromatic rings. The lowest BCUT2D eigenvalue weighted by atomic mass is 10.2. The van der Waals surface area contributed by atoms with Crippen molar-refractivity contribution in [3.05, 3.63) is 43.2 Å². The Morgan fingerprint density at radius 1 is 1.50 bits per heavy atom. The molecule has 0 aliphatic rings. The molecule has 0 aromatic carbocycles. The van der Waals surface area contributed by atoms with Crippen molar-refractivity contribution in [3.63, 3.8) is 0 Å². The number of allylic oxidation sites excluding steroid dienone is 4. The van der Waals surface area contributed by atoms with E-state index in [2.05, 4.69) is 28.7 Å². The van der Waals surface area contributed by atoms with Gasteiger partial charge in [0.05, 0.1) is 6.54 Å². The van der Waals surface area contributed by atoms with E-state index in [0.29, 0.717) is 18.3 Å². The highest BCUT2D eigenvalue weighted by Gasteiger charge is 2.06. The van der Waals surface area contributed by atoms with E-state index in [9.17, 15) is 0 Å². The topological polar surface area (TPSA) is 51.0 Å². The summed E-state index contributed by atoms with van der Waals surface area (Å²) in [7, 11) is 1.82. The Kier molecular flexibility index (Phi) is 3.82. The van der Waals surface area contributed by atoms with Crippen molar-refractivity contribution < 1.29 is 4.42 Å². The second-order valence-electron chi connectivity index (χ2n) is 2.59. The third kappa shape index (κ3) is 2.40. The Morgan fingerprint density at radius 3 is 2.86 bits per heavy atom. The second-order valence-corrected chi connectivity index (χ2v) is 2.59. The number of nitrogens with zero attached hydrogens (tertiary/aromatic N) is 2. The van der Waals surface area contributed by atoms with Gasteiger partial charge in [-0.3, -0.25) is 0 Å². The third-order valence-corrected chi connectivity index (χ3v) is 1.56. The van der Waals surface area contributed by atoms with Crippen molar-refractivity contribution in [2.45, 2.75) is 6.54 Å². The first-order valence-corrected chi connectivity index (χ1v) is 4.24. The zero-order valence-electron chi connectivity index (χ0n) is 8.16. The average Bonchev–Trinajstić information content (AvgIpc) is 2.63. The van der Waals surface area contributed by atoms with Crippen LogP contribution >= 0.6 is 0 Å². The summed E-state index contributed by atoms with van der Waals surface area (Å²) in [5.41, 5.74) is 0.773. The summed E-state index contributed by atoms with van der Waals surface area (Å²) in [6.45, 7) is 7.80. The van der Waals surface area contributed by atoms with Gasteiger partial charge in [-0.25, -0.2) is 0 Å². The molecule has 0 aliphatic carbocycles. The maximum atomic E-state index is 5.36. The van der Waals surface area contributed by atoms with Gasteiger partial charge in [-0.1, -0.05) is 31.4 Å². The fraction of sp³-hybridized carbons (Fsp3) is 0.200. The lowest BCUT2D eigenvalue weighted by Gasteiger charge is -1.92. The lowest BCUT2D eigenvalue weighted by Crippen LogP contribution is -2.04. The van der Waals surface area contributed by atoms with Crippen molar-refractivity contribution in [1.82, 2.24) is 15.5 Å². The molecule has 0 bridgehead atoms. The third-order valence-electron chi connectivity index (χ3n) is 1.56. The van der Waals surface area contributed by atoms with Gasteiger partial charge in [-0.05, 0) is 7.05 Å². The van der Waals surface area contributed by atoms with E-state index < -0.39 is 0 Å². The van der Waals surface area contributed by atoms with Crippen LogP contribution in [0.3, 0.4) is 0 Å². The molecular weight excluding hydrogens is 178 g/mol. The Balaban J connectivity index is 2.89. The second kappa shape index (κ2) is 5.14. The van der Waals surface area contributed by atoms with Gasteiger partial charge in [0.25, 0.3) is 0 Å². The summed E-state index contributed by atoms with van der Waals surface area (Å²) in [4.78, 5) is 0. The van der Waals surface area contributed by atoms with Crippen LogP contribution in [0.25, 0.3) is 5.57 Å². The predicted octanol–water partition coefficient (Wildman–Crippen LogP) is 1.54. The fourth-order valence-electron chi connectivity index (χ4n) is 0.947. The van der Waals surface area contributed by atoms with Crippen LogP contribution in [0.1, 0.15) is 11.8 Å². The van der Waals surface area contributed by atoms with E-state index in [1.165, 1.54) is 0 Å². The van der Waals surface area contributed by atoms with Gasteiger partial charge in [0.2, 0.25) is 11.8 Å². The van der Waals surface area contributed by atoms with Crippen LogP contribution in [0.15, 0.2) is 35.8 Å². The molecule has 1 rings (SSSR count). The van der Waals surface area contributed by atoms with Crippen LogP contribution in [0.2, 0.25) is 0 Å². The van der Waals surface area contributed by atoms with Gasteiger partial charge in [-0.2, -0.15) is 0 Å². The van der Waals surface area contributed by atoms with Gasteiger partial charge in [0.15, 0.2) is 0 Å². The molecule has 0 radical (unpaired) electrons. The summed E-state index contributed by atoms with van der Waals surface area (Å²) < 4.78 is 5.36. The maximum Gasteiger partial charge on any atom is 0.247 e. The summed E-state index contributed by atoms with van der Waals surface area (Å²) in [6.07, 6.45) is 5.07. The number of hydrogen-bond donors (Lipinski definition) is 1. The Hall–Kier alpha value is -1.68. The molecule has 0 spiro atoms. The average molecular weight is 191 g/mol. The molecule has 14 heavy (non-hydrogen) atoms. The van der Waals surface area contributed by atoms with Crippen LogP contribution in [0, 0.1) is 0 Å². The molecule has 4 heteroatoms. The molecule has 0 aliphatic heterocycles. The van der Waals surface area contributed by atoms with Crippen LogP contribution in [-0.4, -0.2) is 17.2 Å². The minimum atomic E-state index is 0.463. The molecule has 0 unspecified atom stereocenters. The highest BCUT2D eigenvalue weighted by atomic mass is 16.4. The molecule has 4 nitrogen and oxygen atoms in total. The van der Waals surface area contributed by atoms with Gasteiger partial charge >= 0.3 is 0 Å². The summed E-state index contributed by atoms with van der Waals surface area (Å²) in [5, 5.41) is 10.7. The normalized spacial score (nSPS) is 11.4. The Morgan fingerprint density at radius 2 is 2.29 bits per heavy atom. The molecule has 74 valence electrons. The van der Waals surface area contributed by atoms with E-state index in [-0.39, 0.29) is 0 Å². The van der Waals surface area contributed by atoms with E-state index >= 15 is 0 Å². The maximum absolute atomic E-state index is 5.36. The Bertz CT molecular complexity index is 352. The Labute approximate surface area is 83.0 Å². The summed E-state index contributed by atoms with van der Waals surface area (Å²) >= 11 is 0. The van der Waals surface area contributed by atoms with E-state index in [4.69, 9.17) is 4.42 Å². The van der Waals surface area contributed by atoms with E-state index in [1.807, 2.05) is 7.05 Å². The van der Waals surface area contributed by atoms with Gasteiger partial charge in [0, 0.05) is 5.57 Å². The number of hydrogen-bond acceptors (Lipinski definition) is 4. The van der Waals surface area contributed by atoms with Crippen molar-refractivity contribution in [1.29, 1.82) is 0 Å². The predicted molar refractivity (Wildman–Crippen MR) is 55.4 cm³/mol. The smallest absolute Gasteiger partial charge is 0.247 e. The van der Waals surface area contributed by atoms with Gasteiger partial charge in [0.1, 0.15) is 0 Å². The van der Waals surface area contributed by atoms with Crippen molar-refractivity contribution in [3.8, 4) is 0 Å². The minimum absolute atomic E-state index is 0.463. The van der Waals surface area contributed by atoms with Gasteiger partial charge < -0.3 is 9.73 Å². The minimum Gasteiger partial charge on any atom is -0.419 e. The molecule has 0 saturated heterocycles. The molecule has 1 N–H and O–H groups in total.